The fraction of sp³-hybridized carbons (Fsp3) is 0.667. The van der Waals surface area contributed by atoms with Gasteiger partial charge in [-0.1, -0.05) is 6.92 Å². The lowest BCUT2D eigenvalue weighted by atomic mass is 10.5. The largest absolute Gasteiger partial charge is 0.481 e. The normalized spacial score (nSPS) is 9.44. The maximum absolute atomic E-state index is 9.93. The van der Waals surface area contributed by atoms with E-state index in [4.69, 9.17) is 5.11 Å². The van der Waals surface area contributed by atoms with Gasteiger partial charge in [-0.2, -0.15) is 11.8 Å². The van der Waals surface area contributed by atoms with Gasteiger partial charge >= 0.3 is 5.97 Å². The Balaban J connectivity index is 2.83. The average molecular weight is 147 g/mol. The van der Waals surface area contributed by atoms with E-state index < -0.39 is 5.97 Å². The number of carboxylic acids is 1. The highest BCUT2D eigenvalue weighted by Crippen LogP contribution is 2.02. The van der Waals surface area contributed by atoms with Crippen molar-refractivity contribution in [2.24, 2.45) is 0 Å². The molecule has 0 unspecified atom stereocenters. The number of aliphatic carboxylic acids is 1. The highest BCUT2D eigenvalue weighted by Gasteiger charge is 1.94. The smallest absolute Gasteiger partial charge is 0.304 e. The Morgan fingerprint density at radius 3 is 2.67 bits per heavy atom. The SMILES string of the molecule is [CH2]CCSCCC(=O)O. The van der Waals surface area contributed by atoms with Gasteiger partial charge in [-0.3, -0.25) is 4.79 Å². The number of rotatable bonds is 5. The molecule has 0 rings (SSSR count). The molecular weight excluding hydrogens is 136 g/mol. The van der Waals surface area contributed by atoms with Crippen LogP contribution >= 0.6 is 11.8 Å². The summed E-state index contributed by atoms with van der Waals surface area (Å²) in [5.74, 6) is 0.963. The molecule has 0 aliphatic rings. The van der Waals surface area contributed by atoms with Gasteiger partial charge < -0.3 is 5.11 Å². The lowest BCUT2D eigenvalue weighted by Gasteiger charge is -1.93. The fourth-order valence-corrected chi connectivity index (χ4v) is 1.09. The third-order valence-electron chi connectivity index (χ3n) is 0.749. The van der Waals surface area contributed by atoms with Crippen molar-refractivity contribution in [3.05, 3.63) is 6.92 Å². The van der Waals surface area contributed by atoms with Gasteiger partial charge in [-0.15, -0.1) is 0 Å². The van der Waals surface area contributed by atoms with Gasteiger partial charge in [0.25, 0.3) is 0 Å². The zero-order valence-corrected chi connectivity index (χ0v) is 6.12. The lowest BCUT2D eigenvalue weighted by Crippen LogP contribution is -1.96. The summed E-state index contributed by atoms with van der Waals surface area (Å²) >= 11 is 1.64. The van der Waals surface area contributed by atoms with E-state index in [0.29, 0.717) is 5.75 Å². The van der Waals surface area contributed by atoms with Gasteiger partial charge in [0.05, 0.1) is 6.42 Å². The van der Waals surface area contributed by atoms with E-state index >= 15 is 0 Å². The van der Waals surface area contributed by atoms with Crippen molar-refractivity contribution in [1.82, 2.24) is 0 Å². The van der Waals surface area contributed by atoms with Crippen molar-refractivity contribution in [2.45, 2.75) is 12.8 Å². The Hall–Kier alpha value is -0.180. The molecule has 0 amide bonds. The topological polar surface area (TPSA) is 37.3 Å². The van der Waals surface area contributed by atoms with Gasteiger partial charge in [0.1, 0.15) is 0 Å². The highest BCUT2D eigenvalue weighted by atomic mass is 32.2. The number of hydrogen-bond acceptors (Lipinski definition) is 2. The molecule has 0 bridgehead atoms. The van der Waals surface area contributed by atoms with Crippen molar-refractivity contribution < 1.29 is 9.90 Å². The summed E-state index contributed by atoms with van der Waals surface area (Å²) in [6, 6.07) is 0. The fourth-order valence-electron chi connectivity index (χ4n) is 0.364. The molecular formula is C6H11O2S. The van der Waals surface area contributed by atoms with E-state index in [9.17, 15) is 4.79 Å². The third kappa shape index (κ3) is 7.82. The minimum atomic E-state index is -0.716. The number of thioether (sulfide) groups is 1. The summed E-state index contributed by atoms with van der Waals surface area (Å²) in [6.07, 6.45) is 1.15. The molecule has 0 aromatic carbocycles. The lowest BCUT2D eigenvalue weighted by molar-refractivity contribution is -0.136. The van der Waals surface area contributed by atoms with Crippen LogP contribution in [0.5, 0.6) is 0 Å². The van der Waals surface area contributed by atoms with Crippen LogP contribution in [0.2, 0.25) is 0 Å². The second-order valence-corrected chi connectivity index (χ2v) is 2.83. The molecule has 0 aliphatic heterocycles. The maximum atomic E-state index is 9.93. The van der Waals surface area contributed by atoms with Crippen LogP contribution in [0.3, 0.4) is 0 Å². The van der Waals surface area contributed by atoms with E-state index in [0.717, 1.165) is 12.2 Å². The van der Waals surface area contributed by atoms with Crippen LogP contribution < -0.4 is 0 Å². The molecule has 0 heterocycles. The third-order valence-corrected chi connectivity index (χ3v) is 1.82. The van der Waals surface area contributed by atoms with Crippen LogP contribution in [0.1, 0.15) is 12.8 Å². The van der Waals surface area contributed by atoms with Crippen LogP contribution in [-0.2, 0) is 4.79 Å². The van der Waals surface area contributed by atoms with E-state index in [1.807, 2.05) is 0 Å². The molecule has 9 heavy (non-hydrogen) atoms. The minimum Gasteiger partial charge on any atom is -0.481 e. The summed E-state index contributed by atoms with van der Waals surface area (Å²) in [5, 5.41) is 8.18. The maximum Gasteiger partial charge on any atom is 0.304 e. The molecule has 3 heteroatoms. The van der Waals surface area contributed by atoms with Crippen molar-refractivity contribution in [2.75, 3.05) is 11.5 Å². The number of carbonyl (C=O) groups is 1. The zero-order chi connectivity index (χ0) is 7.11. The molecule has 1 radical (unpaired) electrons. The van der Waals surface area contributed by atoms with E-state index in [1.54, 1.807) is 11.8 Å². The molecule has 0 saturated carbocycles. The molecule has 0 aromatic rings. The summed E-state index contributed by atoms with van der Waals surface area (Å²) in [7, 11) is 0. The molecule has 0 atom stereocenters. The average Bonchev–Trinajstić information content (AvgIpc) is 1.80. The first-order chi connectivity index (χ1) is 4.27. The van der Waals surface area contributed by atoms with Gasteiger partial charge in [0.2, 0.25) is 0 Å². The summed E-state index contributed by atoms with van der Waals surface area (Å²) < 4.78 is 0. The Kier molecular flexibility index (Phi) is 5.83. The Morgan fingerprint density at radius 1 is 1.56 bits per heavy atom. The van der Waals surface area contributed by atoms with Gasteiger partial charge in [0.15, 0.2) is 0 Å². The van der Waals surface area contributed by atoms with Crippen LogP contribution in [0.25, 0.3) is 0 Å². The molecule has 0 spiro atoms. The van der Waals surface area contributed by atoms with Crippen molar-refractivity contribution in [3.63, 3.8) is 0 Å². The zero-order valence-electron chi connectivity index (χ0n) is 5.30. The van der Waals surface area contributed by atoms with E-state index in [1.165, 1.54) is 0 Å². The van der Waals surface area contributed by atoms with Crippen LogP contribution in [0.15, 0.2) is 0 Å². The van der Waals surface area contributed by atoms with Crippen molar-refractivity contribution in [1.29, 1.82) is 0 Å². The number of carboxylic acid groups (broad SMARTS) is 1. The first-order valence-corrected chi connectivity index (χ1v) is 4.01. The molecule has 0 aromatic heterocycles. The van der Waals surface area contributed by atoms with Crippen LogP contribution in [-0.4, -0.2) is 22.6 Å². The standard InChI is InChI=1S/C6H11O2S/c1-2-4-9-5-3-6(7)8/h1-5H2,(H,7,8). The second-order valence-electron chi connectivity index (χ2n) is 1.61. The van der Waals surface area contributed by atoms with Crippen molar-refractivity contribution >= 4 is 17.7 Å². The highest BCUT2D eigenvalue weighted by molar-refractivity contribution is 7.99. The van der Waals surface area contributed by atoms with Crippen molar-refractivity contribution in [3.8, 4) is 0 Å². The van der Waals surface area contributed by atoms with Gasteiger partial charge in [-0.05, 0) is 12.2 Å². The summed E-state index contributed by atoms with van der Waals surface area (Å²) in [6.45, 7) is 3.63. The molecule has 1 N–H and O–H groups in total. The van der Waals surface area contributed by atoms with E-state index in [-0.39, 0.29) is 6.42 Å². The Labute approximate surface area is 59.6 Å². The molecule has 0 fully saturated rings. The molecule has 53 valence electrons. The first kappa shape index (κ1) is 8.82. The van der Waals surface area contributed by atoms with E-state index in [2.05, 4.69) is 6.92 Å². The molecule has 2 nitrogen and oxygen atoms in total. The first-order valence-electron chi connectivity index (χ1n) is 2.86. The molecule has 0 aliphatic carbocycles. The predicted molar refractivity (Wildman–Crippen MR) is 39.6 cm³/mol. The Morgan fingerprint density at radius 2 is 2.22 bits per heavy atom. The summed E-state index contributed by atoms with van der Waals surface area (Å²) in [4.78, 5) is 9.93. The monoisotopic (exact) mass is 147 g/mol. The van der Waals surface area contributed by atoms with Crippen LogP contribution in [0, 0.1) is 6.92 Å². The molecule has 0 saturated heterocycles. The van der Waals surface area contributed by atoms with Gasteiger partial charge in [0, 0.05) is 5.75 Å². The predicted octanol–water partition coefficient (Wildman–Crippen LogP) is 1.42. The summed E-state index contributed by atoms with van der Waals surface area (Å²) in [5.41, 5.74) is 0. The second kappa shape index (κ2) is 5.95. The van der Waals surface area contributed by atoms with Crippen LogP contribution in [0.4, 0.5) is 0 Å². The van der Waals surface area contributed by atoms with Gasteiger partial charge in [-0.25, -0.2) is 0 Å². The Bertz CT molecular complexity index is 83.1. The number of hydrogen-bond donors (Lipinski definition) is 1. The quantitative estimate of drug-likeness (QED) is 0.597. The minimum absolute atomic E-state index is 0.269.